The lowest BCUT2D eigenvalue weighted by molar-refractivity contribution is 0.0657. The van der Waals surface area contributed by atoms with Crippen LogP contribution in [0.5, 0.6) is 0 Å². The zero-order valence-electron chi connectivity index (χ0n) is 9.56. The third kappa shape index (κ3) is 2.60. The lowest BCUT2D eigenvalue weighted by Crippen LogP contribution is -2.32. The summed E-state index contributed by atoms with van der Waals surface area (Å²) in [6.07, 6.45) is 1.57. The monoisotopic (exact) mass is 223 g/mol. The van der Waals surface area contributed by atoms with Gasteiger partial charge >= 0.3 is 0 Å². The van der Waals surface area contributed by atoms with Crippen molar-refractivity contribution in [3.8, 4) is 0 Å². The molecule has 1 heterocycles. The largest absolute Gasteiger partial charge is 0.388 e. The first-order chi connectivity index (χ1) is 7.66. The third-order valence-corrected chi connectivity index (χ3v) is 3.42. The normalized spacial score (nSPS) is 20.9. The third-order valence-electron chi connectivity index (χ3n) is 3.42. The molecular weight excluding hydrogens is 205 g/mol. The van der Waals surface area contributed by atoms with Crippen LogP contribution in [0.25, 0.3) is 0 Å². The minimum absolute atomic E-state index is 0.251. The average molecular weight is 223 g/mol. The highest BCUT2D eigenvalue weighted by atomic mass is 19.1. The molecule has 0 radical (unpaired) electrons. The summed E-state index contributed by atoms with van der Waals surface area (Å²) in [6.45, 7) is 2.06. The minimum Gasteiger partial charge on any atom is -0.388 e. The van der Waals surface area contributed by atoms with Crippen LogP contribution in [-0.4, -0.2) is 30.1 Å². The van der Waals surface area contributed by atoms with E-state index in [-0.39, 0.29) is 5.82 Å². The van der Waals surface area contributed by atoms with E-state index in [1.165, 1.54) is 12.1 Å². The molecule has 1 unspecified atom stereocenters. The van der Waals surface area contributed by atoms with Gasteiger partial charge in [0.1, 0.15) is 5.82 Å². The molecule has 16 heavy (non-hydrogen) atoms. The molecule has 1 aliphatic rings. The molecule has 1 aliphatic heterocycles. The summed E-state index contributed by atoms with van der Waals surface area (Å²) < 4.78 is 12.8. The van der Waals surface area contributed by atoms with Crippen LogP contribution in [0.1, 0.15) is 24.5 Å². The molecule has 1 aromatic rings. The maximum atomic E-state index is 12.8. The highest BCUT2D eigenvalue weighted by Gasteiger charge is 2.24. The summed E-state index contributed by atoms with van der Waals surface area (Å²) in [7, 11) is 2.10. The van der Waals surface area contributed by atoms with Gasteiger partial charge in [0, 0.05) is 0 Å². The summed E-state index contributed by atoms with van der Waals surface area (Å²) >= 11 is 0. The van der Waals surface area contributed by atoms with E-state index >= 15 is 0 Å². The van der Waals surface area contributed by atoms with Crippen LogP contribution < -0.4 is 0 Å². The number of hydrogen-bond donors (Lipinski definition) is 1. The van der Waals surface area contributed by atoms with Crippen LogP contribution in [0.15, 0.2) is 24.3 Å². The Hall–Kier alpha value is -0.930. The highest BCUT2D eigenvalue weighted by molar-refractivity contribution is 5.19. The Morgan fingerprint density at radius 3 is 2.38 bits per heavy atom. The molecule has 2 nitrogen and oxygen atoms in total. The first kappa shape index (κ1) is 11.6. The van der Waals surface area contributed by atoms with Gasteiger partial charge in [0.25, 0.3) is 0 Å². The second-order valence-corrected chi connectivity index (χ2v) is 4.64. The number of piperidine rings is 1. The molecule has 0 spiro atoms. The zero-order chi connectivity index (χ0) is 11.5. The molecule has 0 bridgehead atoms. The van der Waals surface area contributed by atoms with Crippen molar-refractivity contribution in [1.29, 1.82) is 0 Å². The predicted molar refractivity (Wildman–Crippen MR) is 61.6 cm³/mol. The Morgan fingerprint density at radius 2 is 1.81 bits per heavy atom. The summed E-state index contributed by atoms with van der Waals surface area (Å²) in [5, 5.41) is 10.2. The van der Waals surface area contributed by atoms with Gasteiger partial charge in [-0.15, -0.1) is 0 Å². The van der Waals surface area contributed by atoms with E-state index in [9.17, 15) is 9.50 Å². The number of halogens is 1. The Kier molecular flexibility index (Phi) is 3.56. The first-order valence-electron chi connectivity index (χ1n) is 5.79. The number of aliphatic hydroxyl groups excluding tert-OH is 1. The lowest BCUT2D eigenvalue weighted by Gasteiger charge is -2.32. The summed E-state index contributed by atoms with van der Waals surface area (Å²) in [4.78, 5) is 2.27. The molecule has 88 valence electrons. The first-order valence-corrected chi connectivity index (χ1v) is 5.79. The van der Waals surface area contributed by atoms with E-state index in [2.05, 4.69) is 11.9 Å². The molecule has 0 amide bonds. The highest BCUT2D eigenvalue weighted by Crippen LogP contribution is 2.30. The molecule has 1 N–H and O–H groups in total. The van der Waals surface area contributed by atoms with Gasteiger partial charge in [-0.3, -0.25) is 0 Å². The van der Waals surface area contributed by atoms with Gasteiger partial charge in [0.2, 0.25) is 0 Å². The fourth-order valence-corrected chi connectivity index (χ4v) is 2.28. The number of aliphatic hydroxyl groups is 1. The number of rotatable bonds is 2. The minimum atomic E-state index is -0.450. The number of benzene rings is 1. The molecule has 1 atom stereocenters. The van der Waals surface area contributed by atoms with Crippen molar-refractivity contribution in [3.63, 3.8) is 0 Å². The second kappa shape index (κ2) is 4.93. The van der Waals surface area contributed by atoms with E-state index in [0.717, 1.165) is 31.5 Å². The zero-order valence-corrected chi connectivity index (χ0v) is 9.56. The number of hydrogen-bond acceptors (Lipinski definition) is 2. The summed E-state index contributed by atoms with van der Waals surface area (Å²) in [6, 6.07) is 6.18. The maximum Gasteiger partial charge on any atom is 0.123 e. The lowest BCUT2D eigenvalue weighted by atomic mass is 9.87. The van der Waals surface area contributed by atoms with Gasteiger partial charge in [0.05, 0.1) is 6.10 Å². The van der Waals surface area contributed by atoms with Crippen molar-refractivity contribution < 1.29 is 9.50 Å². The van der Waals surface area contributed by atoms with Gasteiger partial charge in [-0.25, -0.2) is 4.39 Å². The van der Waals surface area contributed by atoms with Crippen LogP contribution in [0.2, 0.25) is 0 Å². The van der Waals surface area contributed by atoms with Crippen LogP contribution in [0, 0.1) is 11.7 Å². The fourth-order valence-electron chi connectivity index (χ4n) is 2.28. The van der Waals surface area contributed by atoms with Gasteiger partial charge in [0.15, 0.2) is 0 Å². The standard InChI is InChI=1S/C13H18FNO/c1-15-8-6-11(7-9-15)13(16)10-2-4-12(14)5-3-10/h2-5,11,13,16H,6-9H2,1H3. The molecule has 2 rings (SSSR count). The topological polar surface area (TPSA) is 23.5 Å². The Bertz CT molecular complexity index is 330. The van der Waals surface area contributed by atoms with Crippen molar-refractivity contribution >= 4 is 0 Å². The number of nitrogens with zero attached hydrogens (tertiary/aromatic N) is 1. The average Bonchev–Trinajstić information content (AvgIpc) is 2.30. The molecule has 0 aromatic heterocycles. The molecule has 0 saturated carbocycles. The van der Waals surface area contributed by atoms with Gasteiger partial charge < -0.3 is 10.0 Å². The summed E-state index contributed by atoms with van der Waals surface area (Å²) in [5.74, 6) is 0.0565. The fraction of sp³-hybridized carbons (Fsp3) is 0.538. The Balaban J connectivity index is 2.01. The molecule has 0 aliphatic carbocycles. The summed E-state index contributed by atoms with van der Waals surface area (Å²) in [5.41, 5.74) is 0.830. The van der Waals surface area contributed by atoms with Crippen molar-refractivity contribution in [2.24, 2.45) is 5.92 Å². The van der Waals surface area contributed by atoms with E-state index in [1.807, 2.05) is 0 Å². The van der Waals surface area contributed by atoms with Crippen molar-refractivity contribution in [1.82, 2.24) is 4.90 Å². The molecule has 3 heteroatoms. The Morgan fingerprint density at radius 1 is 1.25 bits per heavy atom. The van der Waals surface area contributed by atoms with E-state index in [1.54, 1.807) is 12.1 Å². The van der Waals surface area contributed by atoms with Crippen LogP contribution >= 0.6 is 0 Å². The van der Waals surface area contributed by atoms with Gasteiger partial charge in [-0.2, -0.15) is 0 Å². The molecule has 1 saturated heterocycles. The smallest absolute Gasteiger partial charge is 0.123 e. The van der Waals surface area contributed by atoms with E-state index in [0.29, 0.717) is 5.92 Å². The van der Waals surface area contributed by atoms with E-state index < -0.39 is 6.10 Å². The van der Waals surface area contributed by atoms with Crippen LogP contribution in [-0.2, 0) is 0 Å². The predicted octanol–water partition coefficient (Wildman–Crippen LogP) is 2.20. The number of likely N-dealkylation sites (tertiary alicyclic amines) is 1. The van der Waals surface area contributed by atoms with E-state index in [4.69, 9.17) is 0 Å². The quantitative estimate of drug-likeness (QED) is 0.831. The van der Waals surface area contributed by atoms with Gasteiger partial charge in [-0.05, 0) is 56.6 Å². The second-order valence-electron chi connectivity index (χ2n) is 4.64. The van der Waals surface area contributed by atoms with Crippen LogP contribution in [0.4, 0.5) is 4.39 Å². The molecule has 1 aromatic carbocycles. The SMILES string of the molecule is CN1CCC(C(O)c2ccc(F)cc2)CC1. The molecular formula is C13H18FNO. The van der Waals surface area contributed by atoms with Gasteiger partial charge in [-0.1, -0.05) is 12.1 Å². The van der Waals surface area contributed by atoms with Crippen molar-refractivity contribution in [2.45, 2.75) is 18.9 Å². The molecule has 1 fully saturated rings. The van der Waals surface area contributed by atoms with Crippen molar-refractivity contribution in [2.75, 3.05) is 20.1 Å². The van der Waals surface area contributed by atoms with Crippen LogP contribution in [0.3, 0.4) is 0 Å². The van der Waals surface area contributed by atoms with Crippen molar-refractivity contribution in [3.05, 3.63) is 35.6 Å². The Labute approximate surface area is 95.7 Å². The maximum absolute atomic E-state index is 12.8.